The van der Waals surface area contributed by atoms with Gasteiger partial charge in [0.25, 0.3) is 0 Å². The Balaban J connectivity index is 1.48. The lowest BCUT2D eigenvalue weighted by atomic mass is 9.79. The number of ketones is 1. The molecule has 1 aliphatic heterocycles. The van der Waals surface area contributed by atoms with E-state index in [-0.39, 0.29) is 40.9 Å². The number of ether oxygens (including phenoxy) is 3. The van der Waals surface area contributed by atoms with Gasteiger partial charge in [-0.15, -0.1) is 11.3 Å². The van der Waals surface area contributed by atoms with Crippen molar-refractivity contribution in [1.82, 2.24) is 14.7 Å². The van der Waals surface area contributed by atoms with E-state index < -0.39 is 38.4 Å². The van der Waals surface area contributed by atoms with Crippen molar-refractivity contribution in [2.45, 2.75) is 61.9 Å². The van der Waals surface area contributed by atoms with Crippen LogP contribution in [0.5, 0.6) is 11.8 Å². The van der Waals surface area contributed by atoms with E-state index in [1.807, 2.05) is 13.8 Å². The zero-order valence-electron chi connectivity index (χ0n) is 21.3. The summed E-state index contributed by atoms with van der Waals surface area (Å²) in [6, 6.07) is 3.00. The van der Waals surface area contributed by atoms with E-state index in [9.17, 15) is 18.0 Å². The van der Waals surface area contributed by atoms with Crippen molar-refractivity contribution in [2.24, 2.45) is 11.3 Å². The Labute approximate surface area is 219 Å². The minimum atomic E-state index is -4.14. The van der Waals surface area contributed by atoms with Gasteiger partial charge in [0.1, 0.15) is 5.54 Å². The highest BCUT2D eigenvalue weighted by molar-refractivity contribution is 7.89. The maximum absolute atomic E-state index is 14.2. The number of carbonyl (C=O) groups excluding carboxylic acids is 2. The smallest absolute Gasteiger partial charge is 0.314 e. The fourth-order valence-electron chi connectivity index (χ4n) is 5.95. The normalized spacial score (nSPS) is 30.4. The highest BCUT2D eigenvalue weighted by atomic mass is 32.2. The predicted octanol–water partition coefficient (Wildman–Crippen LogP) is 2.49. The molecule has 4 unspecified atom stereocenters. The third-order valence-corrected chi connectivity index (χ3v) is 10.8. The molecule has 4 atom stereocenters. The fraction of sp³-hybridized carbons (Fsp3) is 0.583. The number of hydrogen-bond donors (Lipinski definition) is 2. The monoisotopic (exact) mass is 550 g/mol. The summed E-state index contributed by atoms with van der Waals surface area (Å²) in [4.78, 5) is 35.4. The van der Waals surface area contributed by atoms with Crippen LogP contribution >= 0.6 is 11.3 Å². The first-order chi connectivity index (χ1) is 17.4. The third kappa shape index (κ3) is 3.89. The molecule has 3 heterocycles. The molecule has 3 fully saturated rings. The molecule has 2 saturated carbocycles. The van der Waals surface area contributed by atoms with Gasteiger partial charge in [0, 0.05) is 4.88 Å². The number of carbonyl (C=O) groups is 2. The van der Waals surface area contributed by atoms with Crippen LogP contribution in [0.1, 0.15) is 50.8 Å². The molecule has 200 valence electrons. The Bertz CT molecular complexity index is 1350. The number of nitrogens with zero attached hydrogens (tertiary/aromatic N) is 2. The highest BCUT2D eigenvalue weighted by Gasteiger charge is 2.80. The first-order valence-corrected chi connectivity index (χ1v) is 14.3. The number of fused-ring (bicyclic) bond motifs is 1. The Kier molecular flexibility index (Phi) is 6.03. The summed E-state index contributed by atoms with van der Waals surface area (Å²) in [6.07, 6.45) is 1.49. The van der Waals surface area contributed by atoms with E-state index >= 15 is 0 Å². The molecule has 5 rings (SSSR count). The van der Waals surface area contributed by atoms with E-state index in [0.717, 1.165) is 0 Å². The zero-order chi connectivity index (χ0) is 26.8. The van der Waals surface area contributed by atoms with Crippen LogP contribution < -0.4 is 19.5 Å². The molecule has 1 saturated heterocycles. The molecule has 2 aromatic heterocycles. The first-order valence-electron chi connectivity index (χ1n) is 12.0. The van der Waals surface area contributed by atoms with Gasteiger partial charge in [-0.05, 0) is 49.0 Å². The average Bonchev–Trinajstić information content (AvgIpc) is 3.29. The molecule has 11 nitrogen and oxygen atoms in total. The maximum Gasteiger partial charge on any atom is 0.314 e. The molecule has 3 aliphatic rings. The number of cyclic esters (lactones) is 1. The van der Waals surface area contributed by atoms with Crippen molar-refractivity contribution in [2.75, 3.05) is 26.1 Å². The number of esters is 1. The summed E-state index contributed by atoms with van der Waals surface area (Å²) >= 11 is 1.20. The molecule has 0 aromatic carbocycles. The Morgan fingerprint density at radius 2 is 1.78 bits per heavy atom. The van der Waals surface area contributed by atoms with Gasteiger partial charge in [0.05, 0.1) is 43.2 Å². The lowest BCUT2D eigenvalue weighted by Crippen LogP contribution is -2.60. The van der Waals surface area contributed by atoms with Crippen molar-refractivity contribution in [3.05, 3.63) is 22.4 Å². The van der Waals surface area contributed by atoms with Gasteiger partial charge in [-0.3, -0.25) is 9.59 Å². The summed E-state index contributed by atoms with van der Waals surface area (Å²) in [5, 5.41) is 4.78. The van der Waals surface area contributed by atoms with Gasteiger partial charge >= 0.3 is 5.97 Å². The molecule has 13 heteroatoms. The van der Waals surface area contributed by atoms with Crippen LogP contribution in [0, 0.1) is 11.3 Å². The van der Waals surface area contributed by atoms with E-state index in [1.54, 1.807) is 12.3 Å². The SMILES string of the molecule is COc1cc(OC)nc(NC2(C)CCC3C(C)(C)C3(NS(=O)(=O)c3ccsc3C3CCOC3=O)C2=O)n1. The average molecular weight is 551 g/mol. The Hall–Kier alpha value is -2.77. The quantitative estimate of drug-likeness (QED) is 0.470. The van der Waals surface area contributed by atoms with E-state index in [0.29, 0.717) is 24.1 Å². The molecular formula is C24H30N4O7S2. The maximum atomic E-state index is 14.2. The fourth-order valence-corrected chi connectivity index (χ4v) is 9.11. The molecule has 2 aliphatic carbocycles. The number of Topliss-reactive ketones (excluding diaryl/α,β-unsaturated/α-hetero) is 1. The molecule has 2 aromatic rings. The van der Waals surface area contributed by atoms with Gasteiger partial charge in [-0.2, -0.15) is 14.7 Å². The van der Waals surface area contributed by atoms with E-state index in [4.69, 9.17) is 14.2 Å². The van der Waals surface area contributed by atoms with Crippen LogP contribution in [0.2, 0.25) is 0 Å². The number of thiophene rings is 1. The second-order valence-electron chi connectivity index (χ2n) is 10.4. The predicted molar refractivity (Wildman–Crippen MR) is 134 cm³/mol. The van der Waals surface area contributed by atoms with Crippen molar-refractivity contribution >= 4 is 39.1 Å². The minimum Gasteiger partial charge on any atom is -0.481 e. The van der Waals surface area contributed by atoms with Crippen molar-refractivity contribution in [1.29, 1.82) is 0 Å². The summed E-state index contributed by atoms with van der Waals surface area (Å²) in [6.45, 7) is 5.79. The minimum absolute atomic E-state index is 0.0195. The second-order valence-corrected chi connectivity index (χ2v) is 13.0. The van der Waals surface area contributed by atoms with E-state index in [1.165, 1.54) is 37.7 Å². The van der Waals surface area contributed by atoms with Gasteiger partial charge in [-0.1, -0.05) is 13.8 Å². The standard InChI is InChI=1S/C24H30N4O7S2/c1-22(2)15-6-9-23(3,27-21-25-16(33-4)12-17(26-21)34-5)20(30)24(15,22)28-37(31,32)14-8-11-36-18(14)13-7-10-35-19(13)29/h8,11-13,15,28H,6-7,9-10H2,1-5H3,(H,25,26,27). The molecule has 2 N–H and O–H groups in total. The molecule has 0 spiro atoms. The van der Waals surface area contributed by atoms with E-state index in [2.05, 4.69) is 20.0 Å². The Morgan fingerprint density at radius 3 is 2.38 bits per heavy atom. The number of hydrogen-bond acceptors (Lipinski definition) is 11. The van der Waals surface area contributed by atoms with Crippen LogP contribution in [-0.4, -0.2) is 62.0 Å². The van der Waals surface area contributed by atoms with Gasteiger partial charge in [0.2, 0.25) is 27.7 Å². The summed E-state index contributed by atoms with van der Waals surface area (Å²) < 4.78 is 45.8. The number of methoxy groups -OCH3 is 2. The zero-order valence-corrected chi connectivity index (χ0v) is 22.9. The lowest BCUT2D eigenvalue weighted by molar-refractivity contribution is -0.139. The molecular weight excluding hydrogens is 520 g/mol. The Morgan fingerprint density at radius 1 is 1.11 bits per heavy atom. The molecule has 0 radical (unpaired) electrons. The third-order valence-electron chi connectivity index (χ3n) is 8.10. The number of anilines is 1. The largest absolute Gasteiger partial charge is 0.481 e. The van der Waals surface area contributed by atoms with Crippen LogP contribution in [0.25, 0.3) is 0 Å². The van der Waals surface area contributed by atoms with Gasteiger partial charge in [0.15, 0.2) is 5.78 Å². The van der Waals surface area contributed by atoms with Crippen LogP contribution in [-0.2, 0) is 24.3 Å². The molecule has 0 amide bonds. The number of aromatic nitrogens is 2. The van der Waals surface area contributed by atoms with Crippen LogP contribution in [0.3, 0.4) is 0 Å². The second kappa shape index (κ2) is 8.63. The molecule has 0 bridgehead atoms. The van der Waals surface area contributed by atoms with Crippen molar-refractivity contribution in [3.8, 4) is 11.8 Å². The summed E-state index contributed by atoms with van der Waals surface area (Å²) in [5.74, 6) is -0.860. The first kappa shape index (κ1) is 25.9. The van der Waals surface area contributed by atoms with Crippen molar-refractivity contribution in [3.63, 3.8) is 0 Å². The lowest BCUT2D eigenvalue weighted by Gasteiger charge is -2.37. The number of sulfonamides is 1. The van der Waals surface area contributed by atoms with Crippen LogP contribution in [0.4, 0.5) is 5.95 Å². The van der Waals surface area contributed by atoms with Gasteiger partial charge < -0.3 is 19.5 Å². The number of nitrogens with one attached hydrogen (secondary N) is 2. The summed E-state index contributed by atoms with van der Waals surface area (Å²) in [5.41, 5.74) is -3.10. The molecule has 37 heavy (non-hydrogen) atoms. The number of rotatable bonds is 8. The van der Waals surface area contributed by atoms with Gasteiger partial charge in [-0.25, -0.2) is 8.42 Å². The topological polar surface area (TPSA) is 146 Å². The van der Waals surface area contributed by atoms with Crippen molar-refractivity contribution < 1.29 is 32.2 Å². The highest BCUT2D eigenvalue weighted by Crippen LogP contribution is 2.68. The summed E-state index contributed by atoms with van der Waals surface area (Å²) in [7, 11) is -1.22. The van der Waals surface area contributed by atoms with Crippen LogP contribution in [0.15, 0.2) is 22.4 Å².